The average Bonchev–Trinajstić information content (AvgIpc) is 2.54. The number of nitrogens with one attached hydrogen (secondary N) is 1. The molecule has 0 unspecified atom stereocenters. The Kier molecular flexibility index (Phi) is 6.15. The van der Waals surface area contributed by atoms with E-state index < -0.39 is 0 Å². The summed E-state index contributed by atoms with van der Waals surface area (Å²) >= 11 is 0. The first-order valence-corrected chi connectivity index (χ1v) is 8.27. The van der Waals surface area contributed by atoms with E-state index in [2.05, 4.69) is 26.7 Å². The molecule has 0 aliphatic carbocycles. The van der Waals surface area contributed by atoms with Crippen LogP contribution >= 0.6 is 0 Å². The molecule has 0 bridgehead atoms. The van der Waals surface area contributed by atoms with Gasteiger partial charge in [-0.2, -0.15) is 0 Å². The molecule has 1 aromatic heterocycles. The van der Waals surface area contributed by atoms with Gasteiger partial charge in [0, 0.05) is 43.9 Å². The smallest absolute Gasteiger partial charge is 0.306 e. The van der Waals surface area contributed by atoms with Crippen LogP contribution in [0.25, 0.3) is 0 Å². The van der Waals surface area contributed by atoms with Gasteiger partial charge >= 0.3 is 5.97 Å². The highest BCUT2D eigenvalue weighted by molar-refractivity contribution is 5.69. The van der Waals surface area contributed by atoms with Gasteiger partial charge in [0.25, 0.3) is 5.56 Å². The van der Waals surface area contributed by atoms with Gasteiger partial charge in [-0.1, -0.05) is 6.92 Å². The molecule has 2 rings (SSSR count). The fraction of sp³-hybridized carbons (Fsp3) is 0.688. The van der Waals surface area contributed by atoms with Gasteiger partial charge in [0.05, 0.1) is 6.61 Å². The quantitative estimate of drug-likeness (QED) is 0.778. The number of H-pyrrole nitrogens is 1. The Balaban J connectivity index is 2.05. The van der Waals surface area contributed by atoms with Gasteiger partial charge in [-0.15, -0.1) is 0 Å². The number of piperazine rings is 1. The molecule has 128 valence electrons. The number of nitrogens with zero attached hydrogens (tertiary/aromatic N) is 3. The van der Waals surface area contributed by atoms with Crippen molar-refractivity contribution in [2.24, 2.45) is 0 Å². The summed E-state index contributed by atoms with van der Waals surface area (Å²) in [5.74, 6) is 0.342. The van der Waals surface area contributed by atoms with Crippen LogP contribution < -0.4 is 10.5 Å². The highest BCUT2D eigenvalue weighted by Gasteiger charge is 2.19. The van der Waals surface area contributed by atoms with Crippen LogP contribution in [-0.2, 0) is 16.0 Å². The highest BCUT2D eigenvalue weighted by Crippen LogP contribution is 2.12. The van der Waals surface area contributed by atoms with E-state index in [1.54, 1.807) is 6.92 Å². The number of carbonyl (C=O) groups excluding carboxylic acids is 1. The molecule has 2 heterocycles. The van der Waals surface area contributed by atoms with Gasteiger partial charge in [0.2, 0.25) is 5.95 Å². The summed E-state index contributed by atoms with van der Waals surface area (Å²) in [6.07, 6.45) is 0.560. The Labute approximate surface area is 136 Å². The number of esters is 1. The zero-order valence-corrected chi connectivity index (χ0v) is 14.2. The molecule has 0 spiro atoms. The molecular weight excluding hydrogens is 296 g/mol. The number of ether oxygens (including phenoxy) is 1. The standard InChI is InChI=1S/C16H26N4O3/c1-4-19-8-10-20(11-9-19)16-17-12(3)13(15(22)18-16)6-7-14(21)23-5-2/h4-11H2,1-3H3,(H,17,18,22). The third-order valence-electron chi connectivity index (χ3n) is 4.21. The number of aryl methyl sites for hydroxylation is 1. The summed E-state index contributed by atoms with van der Waals surface area (Å²) < 4.78 is 4.90. The van der Waals surface area contributed by atoms with Gasteiger partial charge < -0.3 is 14.5 Å². The van der Waals surface area contributed by atoms with Gasteiger partial charge in [-0.3, -0.25) is 14.6 Å². The maximum Gasteiger partial charge on any atom is 0.306 e. The molecule has 1 aromatic rings. The molecule has 1 saturated heterocycles. The molecule has 1 aliphatic heterocycles. The molecular formula is C16H26N4O3. The summed E-state index contributed by atoms with van der Waals surface area (Å²) in [6.45, 7) is 10.8. The van der Waals surface area contributed by atoms with Crippen LogP contribution in [0.15, 0.2) is 4.79 Å². The summed E-state index contributed by atoms with van der Waals surface area (Å²) in [5.41, 5.74) is 1.09. The van der Waals surface area contributed by atoms with Crippen molar-refractivity contribution in [3.05, 3.63) is 21.6 Å². The number of hydrogen-bond acceptors (Lipinski definition) is 6. The zero-order chi connectivity index (χ0) is 16.8. The number of aromatic amines is 1. The van der Waals surface area contributed by atoms with Crippen molar-refractivity contribution in [2.75, 3.05) is 44.2 Å². The average molecular weight is 322 g/mol. The lowest BCUT2D eigenvalue weighted by Gasteiger charge is -2.34. The van der Waals surface area contributed by atoms with Crippen LogP contribution in [0.5, 0.6) is 0 Å². The van der Waals surface area contributed by atoms with Gasteiger partial charge in [-0.25, -0.2) is 4.98 Å². The second-order valence-electron chi connectivity index (χ2n) is 5.68. The summed E-state index contributed by atoms with van der Waals surface area (Å²) in [7, 11) is 0. The summed E-state index contributed by atoms with van der Waals surface area (Å²) in [5, 5.41) is 0. The van der Waals surface area contributed by atoms with E-state index in [-0.39, 0.29) is 17.9 Å². The minimum absolute atomic E-state index is 0.158. The lowest BCUT2D eigenvalue weighted by Crippen LogP contribution is -2.47. The Morgan fingerprint density at radius 2 is 1.96 bits per heavy atom. The van der Waals surface area contributed by atoms with E-state index in [9.17, 15) is 9.59 Å². The Bertz CT molecular complexity index is 591. The molecule has 1 N–H and O–H groups in total. The van der Waals surface area contributed by atoms with E-state index in [0.717, 1.165) is 32.7 Å². The number of anilines is 1. The fourth-order valence-corrected chi connectivity index (χ4v) is 2.78. The van der Waals surface area contributed by atoms with E-state index >= 15 is 0 Å². The number of carbonyl (C=O) groups is 1. The molecule has 7 nitrogen and oxygen atoms in total. The SMILES string of the molecule is CCOC(=O)CCc1c(C)nc(N2CCN(CC)CC2)[nH]c1=O. The lowest BCUT2D eigenvalue weighted by molar-refractivity contribution is -0.143. The van der Waals surface area contributed by atoms with Crippen LogP contribution in [-0.4, -0.2) is 60.2 Å². The molecule has 1 fully saturated rings. The van der Waals surface area contributed by atoms with Crippen molar-refractivity contribution in [2.45, 2.75) is 33.6 Å². The van der Waals surface area contributed by atoms with Crippen molar-refractivity contribution < 1.29 is 9.53 Å². The largest absolute Gasteiger partial charge is 0.466 e. The number of hydrogen-bond donors (Lipinski definition) is 1. The number of rotatable bonds is 6. The molecule has 0 aromatic carbocycles. The predicted molar refractivity (Wildman–Crippen MR) is 88.9 cm³/mol. The molecule has 23 heavy (non-hydrogen) atoms. The molecule has 1 aliphatic rings. The normalized spacial score (nSPS) is 15.7. The van der Waals surface area contributed by atoms with Crippen LogP contribution in [0.2, 0.25) is 0 Å². The third-order valence-corrected chi connectivity index (χ3v) is 4.21. The summed E-state index contributed by atoms with van der Waals surface area (Å²) in [6, 6.07) is 0. The summed E-state index contributed by atoms with van der Waals surface area (Å²) in [4.78, 5) is 35.6. The van der Waals surface area contributed by atoms with E-state index in [1.165, 1.54) is 0 Å². The van der Waals surface area contributed by atoms with Crippen molar-refractivity contribution in [3.8, 4) is 0 Å². The van der Waals surface area contributed by atoms with Crippen LogP contribution in [0.1, 0.15) is 31.5 Å². The van der Waals surface area contributed by atoms with E-state index in [4.69, 9.17) is 4.74 Å². The molecule has 0 amide bonds. The number of aromatic nitrogens is 2. The fourth-order valence-electron chi connectivity index (χ4n) is 2.78. The van der Waals surface area contributed by atoms with Crippen molar-refractivity contribution >= 4 is 11.9 Å². The Morgan fingerprint density at radius 1 is 1.26 bits per heavy atom. The lowest BCUT2D eigenvalue weighted by atomic mass is 10.1. The molecule has 7 heteroatoms. The maximum atomic E-state index is 12.3. The number of likely N-dealkylation sites (N-methyl/N-ethyl adjacent to an activating group) is 1. The zero-order valence-electron chi connectivity index (χ0n) is 14.2. The predicted octanol–water partition coefficient (Wildman–Crippen LogP) is 0.716. The van der Waals surface area contributed by atoms with E-state index in [1.807, 2.05) is 6.92 Å². The highest BCUT2D eigenvalue weighted by atomic mass is 16.5. The van der Waals surface area contributed by atoms with Crippen molar-refractivity contribution in [3.63, 3.8) is 0 Å². The maximum absolute atomic E-state index is 12.3. The second-order valence-corrected chi connectivity index (χ2v) is 5.68. The van der Waals surface area contributed by atoms with Gasteiger partial charge in [0.1, 0.15) is 0 Å². The monoisotopic (exact) mass is 322 g/mol. The van der Waals surface area contributed by atoms with Crippen LogP contribution in [0.3, 0.4) is 0 Å². The van der Waals surface area contributed by atoms with Crippen molar-refractivity contribution in [1.29, 1.82) is 0 Å². The molecule has 0 radical (unpaired) electrons. The van der Waals surface area contributed by atoms with Gasteiger partial charge in [-0.05, 0) is 26.8 Å². The topological polar surface area (TPSA) is 78.5 Å². The van der Waals surface area contributed by atoms with Crippen molar-refractivity contribution in [1.82, 2.24) is 14.9 Å². The third kappa shape index (κ3) is 4.54. The first kappa shape index (κ1) is 17.5. The van der Waals surface area contributed by atoms with Crippen LogP contribution in [0, 0.1) is 6.92 Å². The minimum atomic E-state index is -0.286. The van der Waals surface area contributed by atoms with Gasteiger partial charge in [0.15, 0.2) is 0 Å². The first-order valence-electron chi connectivity index (χ1n) is 8.27. The second kappa shape index (κ2) is 8.10. The van der Waals surface area contributed by atoms with Crippen LogP contribution in [0.4, 0.5) is 5.95 Å². The molecule has 0 saturated carbocycles. The van der Waals surface area contributed by atoms with E-state index in [0.29, 0.717) is 30.2 Å². The first-order chi connectivity index (χ1) is 11.0. The Hall–Kier alpha value is -1.89. The minimum Gasteiger partial charge on any atom is -0.466 e. The Morgan fingerprint density at radius 3 is 2.52 bits per heavy atom. The molecule has 0 atom stereocenters.